The molecule has 0 radical (unpaired) electrons. The first-order valence-corrected chi connectivity index (χ1v) is 8.05. The lowest BCUT2D eigenvalue weighted by Gasteiger charge is -2.02. The number of rotatable bonds is 6. The zero-order valence-corrected chi connectivity index (χ0v) is 12.9. The molecule has 0 aliphatic heterocycles. The Bertz CT molecular complexity index is 573. The third kappa shape index (κ3) is 5.57. The molecule has 0 unspecified atom stereocenters. The standard InChI is InChI=1S/C13H15BrO4S/c1-10-5-7-12(8-6-10)19(17,18)9-11(14)3-2-4-13(15)16/h5-9H,2-4H2,1H3,(H,15,16)/b11-9-. The monoisotopic (exact) mass is 346 g/mol. The second-order valence-electron chi connectivity index (χ2n) is 4.17. The summed E-state index contributed by atoms with van der Waals surface area (Å²) >= 11 is 3.16. The van der Waals surface area contributed by atoms with Crippen LogP contribution in [0.25, 0.3) is 0 Å². The minimum Gasteiger partial charge on any atom is -0.481 e. The minimum absolute atomic E-state index is 0.0213. The first-order chi connectivity index (χ1) is 8.81. The molecule has 0 bridgehead atoms. The summed E-state index contributed by atoms with van der Waals surface area (Å²) in [7, 11) is -3.48. The van der Waals surface area contributed by atoms with Crippen LogP contribution in [-0.4, -0.2) is 19.5 Å². The van der Waals surface area contributed by atoms with Crippen molar-refractivity contribution in [2.24, 2.45) is 0 Å². The van der Waals surface area contributed by atoms with Crippen molar-refractivity contribution in [2.45, 2.75) is 31.1 Å². The van der Waals surface area contributed by atoms with Crippen molar-refractivity contribution in [3.63, 3.8) is 0 Å². The lowest BCUT2D eigenvalue weighted by Crippen LogP contribution is -1.98. The van der Waals surface area contributed by atoms with Crippen LogP contribution in [0.5, 0.6) is 0 Å². The summed E-state index contributed by atoms with van der Waals surface area (Å²) in [5.41, 5.74) is 0.989. The number of carboxylic acid groups (broad SMARTS) is 1. The highest BCUT2D eigenvalue weighted by atomic mass is 79.9. The molecule has 0 heterocycles. The van der Waals surface area contributed by atoms with Gasteiger partial charge in [-0.15, -0.1) is 0 Å². The van der Waals surface area contributed by atoms with Gasteiger partial charge in [-0.05, 0) is 31.9 Å². The number of sulfone groups is 1. The van der Waals surface area contributed by atoms with Crippen LogP contribution in [0.2, 0.25) is 0 Å². The summed E-state index contributed by atoms with van der Waals surface area (Å²) in [5.74, 6) is -0.887. The van der Waals surface area contributed by atoms with Crippen molar-refractivity contribution in [1.29, 1.82) is 0 Å². The van der Waals surface area contributed by atoms with Gasteiger partial charge < -0.3 is 5.11 Å². The van der Waals surface area contributed by atoms with E-state index in [2.05, 4.69) is 15.9 Å². The quantitative estimate of drug-likeness (QED) is 0.857. The number of halogens is 1. The van der Waals surface area contributed by atoms with E-state index in [-0.39, 0.29) is 11.3 Å². The fraction of sp³-hybridized carbons (Fsp3) is 0.308. The first kappa shape index (κ1) is 15.9. The van der Waals surface area contributed by atoms with Gasteiger partial charge in [-0.3, -0.25) is 4.79 Å². The van der Waals surface area contributed by atoms with Crippen LogP contribution in [0.3, 0.4) is 0 Å². The van der Waals surface area contributed by atoms with E-state index in [1.807, 2.05) is 6.92 Å². The number of allylic oxidation sites excluding steroid dienone is 1. The van der Waals surface area contributed by atoms with E-state index in [4.69, 9.17) is 5.11 Å². The summed E-state index contributed by atoms with van der Waals surface area (Å²) in [6, 6.07) is 6.58. The van der Waals surface area contributed by atoms with Crippen molar-refractivity contribution in [2.75, 3.05) is 0 Å². The van der Waals surface area contributed by atoms with E-state index in [1.165, 1.54) is 0 Å². The van der Waals surface area contributed by atoms with Gasteiger partial charge in [0.25, 0.3) is 0 Å². The zero-order valence-electron chi connectivity index (χ0n) is 10.5. The van der Waals surface area contributed by atoms with Crippen LogP contribution in [0.15, 0.2) is 39.1 Å². The summed E-state index contributed by atoms with van der Waals surface area (Å²) in [5, 5.41) is 9.65. The van der Waals surface area contributed by atoms with Gasteiger partial charge in [-0.2, -0.15) is 0 Å². The van der Waals surface area contributed by atoms with Crippen LogP contribution in [0, 0.1) is 6.92 Å². The Morgan fingerprint density at radius 1 is 1.26 bits per heavy atom. The minimum atomic E-state index is -3.48. The number of carboxylic acids is 1. The molecule has 0 amide bonds. The molecule has 0 saturated heterocycles. The number of aliphatic carboxylic acids is 1. The van der Waals surface area contributed by atoms with Crippen LogP contribution < -0.4 is 0 Å². The number of hydrogen-bond acceptors (Lipinski definition) is 3. The maximum atomic E-state index is 12.0. The molecule has 1 aromatic rings. The second kappa shape index (κ2) is 6.86. The molecule has 104 valence electrons. The van der Waals surface area contributed by atoms with Gasteiger partial charge >= 0.3 is 5.97 Å². The van der Waals surface area contributed by atoms with Crippen LogP contribution in [0.4, 0.5) is 0 Å². The van der Waals surface area contributed by atoms with Gasteiger partial charge in [-0.25, -0.2) is 8.42 Å². The van der Waals surface area contributed by atoms with E-state index in [1.54, 1.807) is 24.3 Å². The van der Waals surface area contributed by atoms with Gasteiger partial charge in [0.15, 0.2) is 0 Å². The van der Waals surface area contributed by atoms with E-state index in [0.717, 1.165) is 11.0 Å². The van der Waals surface area contributed by atoms with E-state index < -0.39 is 15.8 Å². The van der Waals surface area contributed by atoms with Gasteiger partial charge in [0.05, 0.1) is 4.90 Å². The number of carbonyl (C=O) groups is 1. The highest BCUT2D eigenvalue weighted by Crippen LogP contribution is 2.20. The Labute approximate surface area is 121 Å². The predicted molar refractivity (Wildman–Crippen MR) is 76.9 cm³/mol. The molecule has 19 heavy (non-hydrogen) atoms. The van der Waals surface area contributed by atoms with Crippen molar-refractivity contribution in [3.05, 3.63) is 39.7 Å². The average molecular weight is 347 g/mol. The summed E-state index contributed by atoms with van der Waals surface area (Å²) in [6.07, 6.45) is 0.806. The molecule has 4 nitrogen and oxygen atoms in total. The molecule has 1 N–H and O–H groups in total. The second-order valence-corrected chi connectivity index (χ2v) is 6.99. The molecule has 6 heteroatoms. The average Bonchev–Trinajstić information content (AvgIpc) is 2.28. The lowest BCUT2D eigenvalue weighted by molar-refractivity contribution is -0.137. The maximum absolute atomic E-state index is 12.0. The normalized spacial score (nSPS) is 12.4. The fourth-order valence-corrected chi connectivity index (χ4v) is 3.56. The van der Waals surface area contributed by atoms with E-state index in [0.29, 0.717) is 17.3 Å². The molecule has 0 aliphatic rings. The summed E-state index contributed by atoms with van der Waals surface area (Å²) < 4.78 is 24.5. The molecule has 0 aliphatic carbocycles. The smallest absolute Gasteiger partial charge is 0.303 e. The summed E-state index contributed by atoms with van der Waals surface area (Å²) in [6.45, 7) is 1.88. The molecular weight excluding hydrogens is 332 g/mol. The highest BCUT2D eigenvalue weighted by molar-refractivity contribution is 9.11. The Hall–Kier alpha value is -1.14. The SMILES string of the molecule is Cc1ccc(S(=O)(=O)/C=C(\Br)CCCC(=O)O)cc1. The van der Waals surface area contributed by atoms with E-state index in [9.17, 15) is 13.2 Å². The molecule has 0 saturated carbocycles. The number of aryl methyl sites for hydroxylation is 1. The van der Waals surface area contributed by atoms with Crippen molar-refractivity contribution in [1.82, 2.24) is 0 Å². The van der Waals surface area contributed by atoms with Crippen molar-refractivity contribution in [3.8, 4) is 0 Å². The van der Waals surface area contributed by atoms with Crippen molar-refractivity contribution >= 4 is 31.7 Å². The Kier molecular flexibility index (Phi) is 5.75. The maximum Gasteiger partial charge on any atom is 0.303 e. The molecule has 0 aromatic heterocycles. The van der Waals surface area contributed by atoms with Gasteiger partial charge in [-0.1, -0.05) is 33.6 Å². The fourth-order valence-electron chi connectivity index (χ4n) is 1.43. The van der Waals surface area contributed by atoms with Gasteiger partial charge in [0.2, 0.25) is 9.84 Å². The third-order valence-electron chi connectivity index (χ3n) is 2.44. The molecule has 0 spiro atoms. The van der Waals surface area contributed by atoms with Crippen LogP contribution in [0.1, 0.15) is 24.8 Å². The molecular formula is C13H15BrO4S. The number of hydrogen-bond donors (Lipinski definition) is 1. The van der Waals surface area contributed by atoms with Crippen LogP contribution >= 0.6 is 15.9 Å². The number of benzene rings is 1. The van der Waals surface area contributed by atoms with E-state index >= 15 is 0 Å². The van der Waals surface area contributed by atoms with Crippen molar-refractivity contribution < 1.29 is 18.3 Å². The zero-order chi connectivity index (χ0) is 14.5. The summed E-state index contributed by atoms with van der Waals surface area (Å²) in [4.78, 5) is 10.6. The molecule has 1 rings (SSSR count). The third-order valence-corrected chi connectivity index (χ3v) is 4.89. The predicted octanol–water partition coefficient (Wildman–Crippen LogP) is 3.26. The van der Waals surface area contributed by atoms with Gasteiger partial charge in [0.1, 0.15) is 0 Å². The first-order valence-electron chi connectivity index (χ1n) is 5.71. The molecule has 1 aromatic carbocycles. The van der Waals surface area contributed by atoms with Gasteiger partial charge in [0, 0.05) is 16.3 Å². The lowest BCUT2D eigenvalue weighted by atomic mass is 10.2. The Balaban J connectivity index is 2.77. The Morgan fingerprint density at radius 3 is 2.37 bits per heavy atom. The largest absolute Gasteiger partial charge is 0.481 e. The Morgan fingerprint density at radius 2 is 1.84 bits per heavy atom. The molecule has 0 fully saturated rings. The molecule has 0 atom stereocenters. The topological polar surface area (TPSA) is 71.4 Å². The highest BCUT2D eigenvalue weighted by Gasteiger charge is 2.11. The van der Waals surface area contributed by atoms with Crippen LogP contribution in [-0.2, 0) is 14.6 Å².